The van der Waals surface area contributed by atoms with E-state index in [9.17, 15) is 21.6 Å². The molecule has 2 aromatic rings. The van der Waals surface area contributed by atoms with Gasteiger partial charge < -0.3 is 4.18 Å². The van der Waals surface area contributed by atoms with Crippen LogP contribution in [0.2, 0.25) is 0 Å². The van der Waals surface area contributed by atoms with E-state index < -0.39 is 21.0 Å². The van der Waals surface area contributed by atoms with Gasteiger partial charge in [-0.25, -0.2) is 0 Å². The zero-order chi connectivity index (χ0) is 17.6. The molecule has 24 heavy (non-hydrogen) atoms. The lowest BCUT2D eigenvalue weighted by Gasteiger charge is -2.21. The lowest BCUT2D eigenvalue weighted by molar-refractivity contribution is -0.0500. The Morgan fingerprint density at radius 3 is 2.21 bits per heavy atom. The van der Waals surface area contributed by atoms with Crippen LogP contribution < -0.4 is 4.18 Å². The minimum atomic E-state index is -5.70. The van der Waals surface area contributed by atoms with Gasteiger partial charge >= 0.3 is 15.6 Å². The molecular weight excluding hydrogens is 341 g/mol. The van der Waals surface area contributed by atoms with E-state index in [2.05, 4.69) is 4.18 Å². The largest absolute Gasteiger partial charge is 0.534 e. The van der Waals surface area contributed by atoms with Gasteiger partial charge in [-0.1, -0.05) is 48.0 Å². The van der Waals surface area contributed by atoms with E-state index in [0.29, 0.717) is 5.56 Å². The van der Waals surface area contributed by atoms with Gasteiger partial charge in [0.05, 0.1) is 0 Å². The SMILES string of the molecule is Cc1ccc(OS(=O)(=O)C(F)(F)F)c(C2(c3ccccc3)CC2)c1. The molecule has 2 aromatic carbocycles. The van der Waals surface area contributed by atoms with Crippen molar-refractivity contribution in [2.24, 2.45) is 0 Å². The monoisotopic (exact) mass is 356 g/mol. The molecule has 3 nitrogen and oxygen atoms in total. The van der Waals surface area contributed by atoms with Crippen LogP contribution in [0, 0.1) is 6.92 Å². The molecule has 128 valence electrons. The van der Waals surface area contributed by atoms with Gasteiger partial charge in [0, 0.05) is 11.0 Å². The van der Waals surface area contributed by atoms with Crippen LogP contribution in [0.15, 0.2) is 48.5 Å². The number of hydrogen-bond donors (Lipinski definition) is 0. The summed E-state index contributed by atoms with van der Waals surface area (Å²) in [6.07, 6.45) is 1.45. The number of rotatable bonds is 4. The van der Waals surface area contributed by atoms with Gasteiger partial charge in [0.1, 0.15) is 5.75 Å². The maximum atomic E-state index is 12.7. The van der Waals surface area contributed by atoms with Crippen LogP contribution >= 0.6 is 0 Å². The van der Waals surface area contributed by atoms with Crippen LogP contribution in [0.3, 0.4) is 0 Å². The highest BCUT2D eigenvalue weighted by atomic mass is 32.2. The van der Waals surface area contributed by atoms with E-state index in [0.717, 1.165) is 24.0 Å². The lowest BCUT2D eigenvalue weighted by Crippen LogP contribution is -2.29. The number of hydrogen-bond acceptors (Lipinski definition) is 3. The lowest BCUT2D eigenvalue weighted by atomic mass is 9.86. The van der Waals surface area contributed by atoms with Gasteiger partial charge in [-0.15, -0.1) is 0 Å². The van der Waals surface area contributed by atoms with Crippen molar-refractivity contribution in [3.63, 3.8) is 0 Å². The standard InChI is InChI=1S/C17H15F3O3S/c1-12-7-8-15(23-24(21,22)17(18,19)20)14(11-12)16(9-10-16)13-5-3-2-4-6-13/h2-8,11H,9-10H2,1H3. The molecule has 0 bridgehead atoms. The molecule has 0 N–H and O–H groups in total. The molecule has 3 rings (SSSR count). The molecule has 0 radical (unpaired) electrons. The first-order chi connectivity index (χ1) is 11.2. The molecule has 1 aliphatic carbocycles. The number of halogens is 3. The van der Waals surface area contributed by atoms with Gasteiger partial charge in [-0.2, -0.15) is 21.6 Å². The van der Waals surface area contributed by atoms with Crippen LogP contribution in [-0.2, 0) is 15.5 Å². The Balaban J connectivity index is 2.09. The minimum absolute atomic E-state index is 0.265. The summed E-state index contributed by atoms with van der Waals surface area (Å²) in [5.74, 6) is -0.265. The first kappa shape index (κ1) is 16.8. The predicted molar refractivity (Wildman–Crippen MR) is 83.2 cm³/mol. The Labute approximate surface area is 138 Å². The molecular formula is C17H15F3O3S. The van der Waals surface area contributed by atoms with Crippen molar-refractivity contribution in [1.82, 2.24) is 0 Å². The van der Waals surface area contributed by atoms with E-state index in [1.807, 2.05) is 30.3 Å². The van der Waals surface area contributed by atoms with Gasteiger partial charge in [-0.05, 0) is 31.4 Å². The summed E-state index contributed by atoms with van der Waals surface area (Å²) in [5, 5.41) is 0. The number of aryl methyl sites for hydroxylation is 1. The quantitative estimate of drug-likeness (QED) is 0.606. The summed E-state index contributed by atoms with van der Waals surface area (Å²) in [6.45, 7) is 1.80. The van der Waals surface area contributed by atoms with Crippen molar-refractivity contribution in [3.8, 4) is 5.75 Å². The Hall–Kier alpha value is -2.02. The average molecular weight is 356 g/mol. The molecule has 1 fully saturated rings. The molecule has 7 heteroatoms. The second kappa shape index (κ2) is 5.51. The summed E-state index contributed by atoms with van der Waals surface area (Å²) in [6, 6.07) is 13.8. The third-order valence-corrected chi connectivity index (χ3v) is 5.18. The topological polar surface area (TPSA) is 43.4 Å². The fourth-order valence-electron chi connectivity index (χ4n) is 2.85. The van der Waals surface area contributed by atoms with Gasteiger partial charge in [0.2, 0.25) is 0 Å². The summed E-state index contributed by atoms with van der Waals surface area (Å²) in [5.41, 5.74) is -3.72. The van der Waals surface area contributed by atoms with Crippen molar-refractivity contribution >= 4 is 10.1 Å². The molecule has 0 aliphatic heterocycles. The third-order valence-electron chi connectivity index (χ3n) is 4.21. The summed E-state index contributed by atoms with van der Waals surface area (Å²) >= 11 is 0. The fourth-order valence-corrected chi connectivity index (χ4v) is 3.33. The predicted octanol–water partition coefficient (Wildman–Crippen LogP) is 4.30. The number of alkyl halides is 3. The van der Waals surface area contributed by atoms with Crippen LogP contribution in [0.5, 0.6) is 5.75 Å². The van der Waals surface area contributed by atoms with Crippen molar-refractivity contribution < 1.29 is 25.8 Å². The molecule has 0 unspecified atom stereocenters. The van der Waals surface area contributed by atoms with Crippen LogP contribution in [-0.4, -0.2) is 13.9 Å². The highest BCUT2D eigenvalue weighted by Gasteiger charge is 2.51. The normalized spacial score (nSPS) is 16.7. The van der Waals surface area contributed by atoms with Crippen molar-refractivity contribution in [2.45, 2.75) is 30.7 Å². The van der Waals surface area contributed by atoms with Gasteiger partial charge in [-0.3, -0.25) is 0 Å². The molecule has 0 atom stereocenters. The van der Waals surface area contributed by atoms with Crippen molar-refractivity contribution in [1.29, 1.82) is 0 Å². The molecule has 0 heterocycles. The number of benzene rings is 2. The van der Waals surface area contributed by atoms with Gasteiger partial charge in [0.15, 0.2) is 0 Å². The fraction of sp³-hybridized carbons (Fsp3) is 0.294. The molecule has 1 aliphatic rings. The highest BCUT2D eigenvalue weighted by molar-refractivity contribution is 7.88. The molecule has 1 saturated carbocycles. The first-order valence-corrected chi connectivity index (χ1v) is 8.74. The summed E-state index contributed by atoms with van der Waals surface area (Å²) < 4.78 is 65.2. The van der Waals surface area contributed by atoms with Crippen LogP contribution in [0.4, 0.5) is 13.2 Å². The summed E-state index contributed by atoms with van der Waals surface area (Å²) in [4.78, 5) is 0. The molecule has 0 amide bonds. The van der Waals surface area contributed by atoms with E-state index >= 15 is 0 Å². The Morgan fingerprint density at radius 1 is 1.04 bits per heavy atom. The van der Waals surface area contributed by atoms with E-state index in [4.69, 9.17) is 0 Å². The van der Waals surface area contributed by atoms with Gasteiger partial charge in [0.25, 0.3) is 0 Å². The Kier molecular flexibility index (Phi) is 3.86. The second-order valence-corrected chi connectivity index (χ2v) is 7.47. The first-order valence-electron chi connectivity index (χ1n) is 7.33. The van der Waals surface area contributed by atoms with E-state index in [1.54, 1.807) is 13.0 Å². The maximum Gasteiger partial charge on any atom is 0.534 e. The van der Waals surface area contributed by atoms with E-state index in [1.165, 1.54) is 12.1 Å². The molecule has 0 aromatic heterocycles. The molecule has 0 spiro atoms. The zero-order valence-electron chi connectivity index (χ0n) is 12.8. The second-order valence-electron chi connectivity index (χ2n) is 5.93. The minimum Gasteiger partial charge on any atom is -0.376 e. The third kappa shape index (κ3) is 2.88. The average Bonchev–Trinajstić information content (AvgIpc) is 3.30. The smallest absolute Gasteiger partial charge is 0.376 e. The Morgan fingerprint density at radius 2 is 1.67 bits per heavy atom. The molecule has 0 saturated heterocycles. The summed E-state index contributed by atoms with van der Waals surface area (Å²) in [7, 11) is -5.70. The van der Waals surface area contributed by atoms with Crippen LogP contribution in [0.25, 0.3) is 0 Å². The maximum absolute atomic E-state index is 12.7. The zero-order valence-corrected chi connectivity index (χ0v) is 13.6. The van der Waals surface area contributed by atoms with E-state index in [-0.39, 0.29) is 5.75 Å². The van der Waals surface area contributed by atoms with Crippen molar-refractivity contribution in [2.75, 3.05) is 0 Å². The van der Waals surface area contributed by atoms with Crippen molar-refractivity contribution in [3.05, 3.63) is 65.2 Å². The van der Waals surface area contributed by atoms with Crippen LogP contribution in [0.1, 0.15) is 29.5 Å². The Bertz CT molecular complexity index is 854. The highest BCUT2D eigenvalue weighted by Crippen LogP contribution is 2.56.